The Kier molecular flexibility index (Phi) is 11.0. The predicted molar refractivity (Wildman–Crippen MR) is 188 cm³/mol. The Morgan fingerprint density at radius 2 is 1.05 bits per heavy atom. The minimum atomic E-state index is -2.44. The third-order valence-electron chi connectivity index (χ3n) is 9.78. The van der Waals surface area contributed by atoms with Crippen molar-refractivity contribution >= 4 is 33.4 Å². The molecule has 0 heterocycles. The molecule has 43 heavy (non-hydrogen) atoms. The fourth-order valence-corrected chi connectivity index (χ4v) is 18.4. The van der Waals surface area contributed by atoms with Gasteiger partial charge >= 0.3 is 5.97 Å². The number of esters is 1. The van der Waals surface area contributed by atoms with E-state index in [0.29, 0.717) is 50.3 Å². The smallest absolute Gasteiger partial charge is 0.347 e. The van der Waals surface area contributed by atoms with Gasteiger partial charge in [0.25, 0.3) is 16.6 Å². The number of ether oxygens (including phenoxy) is 1. The number of rotatable bonds is 12. The Balaban J connectivity index is 2.45. The van der Waals surface area contributed by atoms with E-state index in [-0.39, 0.29) is 0 Å². The zero-order valence-electron chi connectivity index (χ0n) is 29.2. The van der Waals surface area contributed by atoms with Crippen LogP contribution in [0.15, 0.2) is 48.5 Å². The SMILES string of the molecule is Cc1ccccc1OC(=O)c1cc(O[Si](C(C)C)(C(C)C)C(C)C)c2c(C)cccc2c1O[Si](C(C)C)(C(C)C)C(C)C. The highest BCUT2D eigenvalue weighted by Gasteiger charge is 2.49. The molecular weight excluding hydrogens is 565 g/mol. The summed E-state index contributed by atoms with van der Waals surface area (Å²) in [6.45, 7) is 31.5. The Bertz CT molecular complexity index is 1380. The van der Waals surface area contributed by atoms with Gasteiger partial charge in [0.2, 0.25) is 0 Å². The van der Waals surface area contributed by atoms with E-state index in [4.69, 9.17) is 13.6 Å². The molecule has 0 unspecified atom stereocenters. The van der Waals surface area contributed by atoms with Crippen molar-refractivity contribution in [3.8, 4) is 17.2 Å². The van der Waals surface area contributed by atoms with E-state index in [1.54, 1.807) is 0 Å². The van der Waals surface area contributed by atoms with Crippen molar-refractivity contribution < 1.29 is 18.4 Å². The van der Waals surface area contributed by atoms with Crippen LogP contribution in [0.25, 0.3) is 10.8 Å². The summed E-state index contributed by atoms with van der Waals surface area (Å²) in [6.07, 6.45) is 0. The summed E-state index contributed by atoms with van der Waals surface area (Å²) >= 11 is 0. The highest BCUT2D eigenvalue weighted by molar-refractivity contribution is 6.79. The molecule has 3 rings (SSSR count). The fraction of sp³-hybridized carbons (Fsp3) is 0.541. The molecule has 0 aliphatic rings. The van der Waals surface area contributed by atoms with Crippen LogP contribution < -0.4 is 13.6 Å². The van der Waals surface area contributed by atoms with Gasteiger partial charge in [0, 0.05) is 10.8 Å². The van der Waals surface area contributed by atoms with Crippen LogP contribution >= 0.6 is 0 Å². The summed E-state index contributed by atoms with van der Waals surface area (Å²) in [5, 5.41) is 1.95. The summed E-state index contributed by atoms with van der Waals surface area (Å²) < 4.78 is 20.9. The zero-order chi connectivity index (χ0) is 32.4. The van der Waals surface area contributed by atoms with Gasteiger partial charge in [-0.15, -0.1) is 0 Å². The van der Waals surface area contributed by atoms with Gasteiger partial charge in [-0.25, -0.2) is 4.79 Å². The number of fused-ring (bicyclic) bond motifs is 1. The molecule has 0 saturated heterocycles. The number of hydrogen-bond acceptors (Lipinski definition) is 4. The number of benzene rings is 3. The molecule has 0 amide bonds. The molecule has 0 fully saturated rings. The van der Waals surface area contributed by atoms with Crippen LogP contribution in [-0.2, 0) is 0 Å². The van der Waals surface area contributed by atoms with Gasteiger partial charge in [0.1, 0.15) is 22.8 Å². The number of para-hydroxylation sites is 1. The molecule has 0 aromatic heterocycles. The fourth-order valence-electron chi connectivity index (χ4n) is 7.84. The minimum Gasteiger partial charge on any atom is -0.542 e. The molecule has 0 spiro atoms. The molecule has 0 N–H and O–H groups in total. The lowest BCUT2D eigenvalue weighted by Crippen LogP contribution is -2.51. The second-order valence-corrected chi connectivity index (χ2v) is 25.0. The average molecular weight is 621 g/mol. The first-order valence-electron chi connectivity index (χ1n) is 16.2. The minimum absolute atomic E-state index is 0.339. The van der Waals surface area contributed by atoms with Crippen molar-refractivity contribution in [3.63, 3.8) is 0 Å². The van der Waals surface area contributed by atoms with Crippen LogP contribution in [0, 0.1) is 13.8 Å². The summed E-state index contributed by atoms with van der Waals surface area (Å²) in [6, 6.07) is 15.9. The van der Waals surface area contributed by atoms with Crippen LogP contribution in [0.3, 0.4) is 0 Å². The third-order valence-corrected chi connectivity index (χ3v) is 21.7. The standard InChI is InChI=1S/C37H56O4Si2/c1-23(2)42(24(3)4,25(5)6)40-34-22-32(37(38)39-33-21-16-15-18-29(33)13)36(31-20-17-19-30(14)35(31)34)41-43(26(7)8,27(9)10)28(11)12/h15-28H,1-14H3. The Labute approximate surface area is 263 Å². The average Bonchev–Trinajstić information content (AvgIpc) is 2.90. The Morgan fingerprint density at radius 3 is 1.53 bits per heavy atom. The van der Waals surface area contributed by atoms with E-state index in [1.165, 1.54) is 0 Å². The topological polar surface area (TPSA) is 44.8 Å². The number of hydrogen-bond donors (Lipinski definition) is 0. The molecule has 0 aliphatic heterocycles. The van der Waals surface area contributed by atoms with Gasteiger partial charge in [-0.05, 0) is 70.4 Å². The first-order chi connectivity index (χ1) is 20.0. The van der Waals surface area contributed by atoms with E-state index in [0.717, 1.165) is 27.6 Å². The van der Waals surface area contributed by atoms with Crippen LogP contribution in [0.1, 0.15) is 105 Å². The maximum absolute atomic E-state index is 14.3. The van der Waals surface area contributed by atoms with Gasteiger partial charge < -0.3 is 13.6 Å². The lowest BCUT2D eigenvalue weighted by molar-refractivity contribution is 0.0731. The van der Waals surface area contributed by atoms with Crippen molar-refractivity contribution in [2.24, 2.45) is 0 Å². The van der Waals surface area contributed by atoms with Crippen LogP contribution in [0.4, 0.5) is 0 Å². The molecule has 0 atom stereocenters. The summed E-state index contributed by atoms with van der Waals surface area (Å²) in [5.74, 6) is 1.55. The Morgan fingerprint density at radius 1 is 0.581 bits per heavy atom. The van der Waals surface area contributed by atoms with Crippen molar-refractivity contribution in [1.29, 1.82) is 0 Å². The summed E-state index contributed by atoms with van der Waals surface area (Å²) in [5.41, 5.74) is 4.63. The van der Waals surface area contributed by atoms with Gasteiger partial charge in [-0.3, -0.25) is 0 Å². The molecule has 0 radical (unpaired) electrons. The highest BCUT2D eigenvalue weighted by atomic mass is 28.4. The summed E-state index contributed by atoms with van der Waals surface area (Å²) in [7, 11) is -4.79. The van der Waals surface area contributed by atoms with E-state index in [2.05, 4.69) is 108 Å². The maximum atomic E-state index is 14.3. The molecule has 0 aliphatic carbocycles. The highest BCUT2D eigenvalue weighted by Crippen LogP contribution is 2.50. The van der Waals surface area contributed by atoms with E-state index >= 15 is 0 Å². The van der Waals surface area contributed by atoms with E-state index in [9.17, 15) is 4.79 Å². The molecule has 0 saturated carbocycles. The van der Waals surface area contributed by atoms with E-state index < -0.39 is 22.6 Å². The molecule has 0 bridgehead atoms. The van der Waals surface area contributed by atoms with Crippen LogP contribution in [0.2, 0.25) is 33.2 Å². The quantitative estimate of drug-likeness (QED) is 0.115. The second kappa shape index (κ2) is 13.6. The van der Waals surface area contributed by atoms with E-state index in [1.807, 2.05) is 37.3 Å². The second-order valence-electron chi connectivity index (χ2n) is 14.2. The van der Waals surface area contributed by atoms with Gasteiger partial charge in [-0.2, -0.15) is 0 Å². The molecule has 3 aromatic carbocycles. The first-order valence-corrected chi connectivity index (χ1v) is 20.5. The molecular formula is C37H56O4Si2. The largest absolute Gasteiger partial charge is 0.542 e. The van der Waals surface area contributed by atoms with Crippen molar-refractivity contribution in [3.05, 3.63) is 65.2 Å². The van der Waals surface area contributed by atoms with Gasteiger partial charge in [-0.1, -0.05) is 119 Å². The predicted octanol–water partition coefficient (Wildman–Crippen LogP) is 11.8. The van der Waals surface area contributed by atoms with Crippen LogP contribution in [-0.4, -0.2) is 22.6 Å². The van der Waals surface area contributed by atoms with Gasteiger partial charge in [0.05, 0.1) is 0 Å². The molecule has 6 heteroatoms. The molecule has 236 valence electrons. The third kappa shape index (κ3) is 6.46. The summed E-state index contributed by atoms with van der Waals surface area (Å²) in [4.78, 5) is 14.3. The number of aryl methyl sites for hydroxylation is 2. The van der Waals surface area contributed by atoms with Crippen molar-refractivity contribution in [2.75, 3.05) is 0 Å². The molecule has 3 aromatic rings. The first kappa shape index (κ1) is 34.9. The monoisotopic (exact) mass is 620 g/mol. The number of carbonyl (C=O) groups excluding carboxylic acids is 1. The number of carbonyl (C=O) groups is 1. The normalized spacial score (nSPS) is 12.8. The van der Waals surface area contributed by atoms with Crippen molar-refractivity contribution in [2.45, 2.75) is 130 Å². The maximum Gasteiger partial charge on any atom is 0.347 e. The Hall–Kier alpha value is -2.58. The lowest BCUT2D eigenvalue weighted by Gasteiger charge is -2.44. The molecule has 4 nitrogen and oxygen atoms in total. The zero-order valence-corrected chi connectivity index (χ0v) is 31.2. The van der Waals surface area contributed by atoms with Crippen LogP contribution in [0.5, 0.6) is 17.2 Å². The lowest BCUT2D eigenvalue weighted by atomic mass is 10.0. The van der Waals surface area contributed by atoms with Gasteiger partial charge in [0.15, 0.2) is 0 Å². The van der Waals surface area contributed by atoms with Crippen molar-refractivity contribution in [1.82, 2.24) is 0 Å².